The molecule has 96 valence electrons. The maximum Gasteiger partial charge on any atom is 0.0960 e. The average Bonchev–Trinajstić information content (AvgIpc) is 2.35. The van der Waals surface area contributed by atoms with E-state index in [0.717, 1.165) is 21.8 Å². The van der Waals surface area contributed by atoms with Crippen LogP contribution in [-0.2, 0) is 0 Å². The third-order valence-corrected chi connectivity index (χ3v) is 4.13. The molecule has 0 aliphatic carbocycles. The predicted molar refractivity (Wildman–Crippen MR) is 79.7 cm³/mol. The first-order valence-electron chi connectivity index (χ1n) is 6.24. The summed E-state index contributed by atoms with van der Waals surface area (Å²) in [7, 11) is 0. The minimum Gasteiger partial charge on any atom is -0.314 e. The van der Waals surface area contributed by atoms with Gasteiger partial charge in [0.05, 0.1) is 5.03 Å². The second-order valence-corrected chi connectivity index (χ2v) is 6.00. The number of rotatable bonds is 8. The summed E-state index contributed by atoms with van der Waals surface area (Å²) in [5, 5.41) is 4.62. The molecule has 1 atom stereocenters. The molecule has 1 aromatic rings. The van der Waals surface area contributed by atoms with Crippen LogP contribution in [0.4, 0.5) is 0 Å². The molecule has 0 saturated carbocycles. The first-order chi connectivity index (χ1) is 8.26. The van der Waals surface area contributed by atoms with E-state index in [1.54, 1.807) is 0 Å². The van der Waals surface area contributed by atoms with E-state index in [9.17, 15) is 0 Å². The number of thioether (sulfide) groups is 1. The predicted octanol–water partition coefficient (Wildman–Crippen LogP) is 4.10. The zero-order valence-electron chi connectivity index (χ0n) is 10.6. The monoisotopic (exact) mass is 316 g/mol. The van der Waals surface area contributed by atoms with E-state index < -0.39 is 0 Å². The zero-order valence-corrected chi connectivity index (χ0v) is 13.0. The van der Waals surface area contributed by atoms with E-state index in [1.165, 1.54) is 19.3 Å². The van der Waals surface area contributed by atoms with Crippen LogP contribution >= 0.6 is 27.7 Å². The summed E-state index contributed by atoms with van der Waals surface area (Å²) in [5.74, 6) is 1.15. The number of nitrogens with zero attached hydrogens (tertiary/aromatic N) is 1. The highest BCUT2D eigenvalue weighted by molar-refractivity contribution is 9.10. The lowest BCUT2D eigenvalue weighted by atomic mass is 10.1. The Balaban J connectivity index is 2.17. The van der Waals surface area contributed by atoms with Crippen LogP contribution in [0.2, 0.25) is 0 Å². The van der Waals surface area contributed by atoms with E-state index in [-0.39, 0.29) is 0 Å². The molecule has 17 heavy (non-hydrogen) atoms. The third kappa shape index (κ3) is 6.43. The highest BCUT2D eigenvalue weighted by atomic mass is 79.9. The van der Waals surface area contributed by atoms with Gasteiger partial charge in [0.25, 0.3) is 0 Å². The highest BCUT2D eigenvalue weighted by Crippen LogP contribution is 2.19. The zero-order chi connectivity index (χ0) is 12.5. The first kappa shape index (κ1) is 15.0. The molecule has 1 aromatic heterocycles. The lowest BCUT2D eigenvalue weighted by Crippen LogP contribution is -2.28. The lowest BCUT2D eigenvalue weighted by molar-refractivity contribution is 0.477. The molecule has 0 fully saturated rings. The van der Waals surface area contributed by atoms with Crippen molar-refractivity contribution in [3.63, 3.8) is 0 Å². The summed E-state index contributed by atoms with van der Waals surface area (Å²) < 4.78 is 1.04. The molecule has 0 spiro atoms. The van der Waals surface area contributed by atoms with Gasteiger partial charge >= 0.3 is 0 Å². The molecule has 1 heterocycles. The minimum atomic E-state index is 0.679. The number of aromatic nitrogens is 1. The number of halogens is 1. The molecular weight excluding hydrogens is 296 g/mol. The molecule has 0 aromatic carbocycles. The van der Waals surface area contributed by atoms with Crippen molar-refractivity contribution >= 4 is 27.7 Å². The lowest BCUT2D eigenvalue weighted by Gasteiger charge is -2.14. The molecular formula is C13H21BrN2S. The van der Waals surface area contributed by atoms with Crippen LogP contribution in [0, 0.1) is 0 Å². The molecule has 1 N–H and O–H groups in total. The Morgan fingerprint density at radius 1 is 1.41 bits per heavy atom. The van der Waals surface area contributed by atoms with Crippen molar-refractivity contribution in [2.75, 3.05) is 12.3 Å². The van der Waals surface area contributed by atoms with Gasteiger partial charge in [-0.2, -0.15) is 0 Å². The standard InChI is InChI=1S/C13H21BrN2S/c1-3-12(15-4-2)6-5-9-17-13-8-7-11(14)10-16-13/h7-8,10,12,15H,3-6,9H2,1-2H3. The van der Waals surface area contributed by atoms with Crippen molar-refractivity contribution in [1.82, 2.24) is 10.3 Å². The van der Waals surface area contributed by atoms with Crippen molar-refractivity contribution in [3.8, 4) is 0 Å². The van der Waals surface area contributed by atoms with E-state index in [1.807, 2.05) is 24.0 Å². The van der Waals surface area contributed by atoms with Crippen LogP contribution in [0.5, 0.6) is 0 Å². The van der Waals surface area contributed by atoms with Crippen LogP contribution in [-0.4, -0.2) is 23.3 Å². The summed E-state index contributed by atoms with van der Waals surface area (Å²) in [5.41, 5.74) is 0. The van der Waals surface area contributed by atoms with Crippen molar-refractivity contribution in [1.29, 1.82) is 0 Å². The smallest absolute Gasteiger partial charge is 0.0960 e. The van der Waals surface area contributed by atoms with Crippen molar-refractivity contribution in [2.24, 2.45) is 0 Å². The average molecular weight is 317 g/mol. The Morgan fingerprint density at radius 2 is 2.24 bits per heavy atom. The number of hydrogen-bond donors (Lipinski definition) is 1. The number of nitrogens with one attached hydrogen (secondary N) is 1. The molecule has 0 aliphatic rings. The third-order valence-electron chi connectivity index (χ3n) is 2.63. The van der Waals surface area contributed by atoms with Gasteiger partial charge in [-0.25, -0.2) is 4.98 Å². The van der Waals surface area contributed by atoms with E-state index in [2.05, 4.69) is 46.1 Å². The fourth-order valence-electron chi connectivity index (χ4n) is 1.69. The van der Waals surface area contributed by atoms with Gasteiger partial charge < -0.3 is 5.32 Å². The molecule has 4 heteroatoms. The quantitative estimate of drug-likeness (QED) is 0.577. The van der Waals surface area contributed by atoms with Gasteiger partial charge in [-0.1, -0.05) is 13.8 Å². The fourth-order valence-corrected chi connectivity index (χ4v) is 2.74. The fraction of sp³-hybridized carbons (Fsp3) is 0.615. The van der Waals surface area contributed by atoms with Crippen molar-refractivity contribution in [3.05, 3.63) is 22.8 Å². The molecule has 1 unspecified atom stereocenters. The van der Waals surface area contributed by atoms with Crippen molar-refractivity contribution < 1.29 is 0 Å². The van der Waals surface area contributed by atoms with E-state index in [0.29, 0.717) is 6.04 Å². The summed E-state index contributed by atoms with van der Waals surface area (Å²) >= 11 is 5.23. The summed E-state index contributed by atoms with van der Waals surface area (Å²) in [6, 6.07) is 4.79. The summed E-state index contributed by atoms with van der Waals surface area (Å²) in [6.07, 6.45) is 5.58. The van der Waals surface area contributed by atoms with Gasteiger partial charge in [-0.05, 0) is 59.6 Å². The maximum absolute atomic E-state index is 4.35. The Morgan fingerprint density at radius 3 is 2.82 bits per heavy atom. The van der Waals surface area contributed by atoms with Gasteiger partial charge in [0.15, 0.2) is 0 Å². The van der Waals surface area contributed by atoms with Gasteiger partial charge in [0, 0.05) is 16.7 Å². The molecule has 0 saturated heterocycles. The van der Waals surface area contributed by atoms with E-state index >= 15 is 0 Å². The second-order valence-electron chi connectivity index (χ2n) is 3.97. The van der Waals surface area contributed by atoms with Crippen LogP contribution in [0.25, 0.3) is 0 Å². The van der Waals surface area contributed by atoms with Crippen LogP contribution in [0.15, 0.2) is 27.8 Å². The van der Waals surface area contributed by atoms with Crippen molar-refractivity contribution in [2.45, 2.75) is 44.2 Å². The van der Waals surface area contributed by atoms with Gasteiger partial charge in [0.2, 0.25) is 0 Å². The van der Waals surface area contributed by atoms with Crippen LogP contribution in [0.1, 0.15) is 33.1 Å². The molecule has 0 aliphatic heterocycles. The Kier molecular flexibility index (Phi) is 7.90. The minimum absolute atomic E-state index is 0.679. The van der Waals surface area contributed by atoms with E-state index in [4.69, 9.17) is 0 Å². The SMILES string of the molecule is CCNC(CC)CCCSc1ccc(Br)cn1. The topological polar surface area (TPSA) is 24.9 Å². The maximum atomic E-state index is 4.35. The first-order valence-corrected chi connectivity index (χ1v) is 8.01. The van der Waals surface area contributed by atoms with Gasteiger partial charge in [-0.3, -0.25) is 0 Å². The van der Waals surface area contributed by atoms with Gasteiger partial charge in [-0.15, -0.1) is 11.8 Å². The largest absolute Gasteiger partial charge is 0.314 e. The Hall–Kier alpha value is -0.0600. The number of pyridine rings is 1. The molecule has 0 bridgehead atoms. The Bertz CT molecular complexity index is 303. The Labute approximate surface area is 117 Å². The summed E-state index contributed by atoms with van der Waals surface area (Å²) in [4.78, 5) is 4.35. The molecule has 1 rings (SSSR count). The molecule has 2 nitrogen and oxygen atoms in total. The normalized spacial score (nSPS) is 12.6. The van der Waals surface area contributed by atoms with Gasteiger partial charge in [0.1, 0.15) is 0 Å². The molecule has 0 amide bonds. The van der Waals surface area contributed by atoms with Crippen LogP contribution < -0.4 is 5.32 Å². The number of hydrogen-bond acceptors (Lipinski definition) is 3. The molecule has 0 radical (unpaired) electrons. The summed E-state index contributed by atoms with van der Waals surface area (Å²) in [6.45, 7) is 5.49. The highest BCUT2D eigenvalue weighted by Gasteiger charge is 2.03. The second kappa shape index (κ2) is 8.95. The van der Waals surface area contributed by atoms with Crippen LogP contribution in [0.3, 0.4) is 0 Å².